The zero-order valence-corrected chi connectivity index (χ0v) is 9.05. The van der Waals surface area contributed by atoms with Gasteiger partial charge in [-0.1, -0.05) is 27.7 Å². The zero-order chi connectivity index (χ0) is 9.98. The van der Waals surface area contributed by atoms with Crippen molar-refractivity contribution in [1.82, 2.24) is 9.97 Å². The summed E-state index contributed by atoms with van der Waals surface area (Å²) in [6.45, 7) is 11.9. The second kappa shape index (κ2) is 10.1. The summed E-state index contributed by atoms with van der Waals surface area (Å²) in [6, 6.07) is 1.94. The summed E-state index contributed by atoms with van der Waals surface area (Å²) in [7, 11) is 0. The van der Waals surface area contributed by atoms with Crippen LogP contribution in [0.5, 0.6) is 0 Å². The normalized spacial score (nSPS) is 7.17. The van der Waals surface area contributed by atoms with E-state index in [4.69, 9.17) is 0 Å². The van der Waals surface area contributed by atoms with E-state index in [9.17, 15) is 0 Å². The summed E-state index contributed by atoms with van der Waals surface area (Å²) in [5, 5.41) is 0. The lowest BCUT2D eigenvalue weighted by atomic mass is 10.4. The fourth-order valence-electron chi connectivity index (χ4n) is 0.588. The van der Waals surface area contributed by atoms with Crippen molar-refractivity contribution >= 4 is 0 Å². The maximum absolute atomic E-state index is 3.93. The van der Waals surface area contributed by atoms with E-state index in [1.165, 1.54) is 0 Å². The first-order valence-electron chi connectivity index (χ1n) is 4.54. The quantitative estimate of drug-likeness (QED) is 0.594. The van der Waals surface area contributed by atoms with Gasteiger partial charge in [-0.25, -0.2) is 9.97 Å². The minimum absolute atomic E-state index is 1.03. The Kier molecular flexibility index (Phi) is 11.5. The topological polar surface area (TPSA) is 25.8 Å². The van der Waals surface area contributed by atoms with Gasteiger partial charge in [0.1, 0.15) is 6.33 Å². The van der Waals surface area contributed by atoms with E-state index in [-0.39, 0.29) is 0 Å². The number of rotatable bonds is 0. The molecule has 0 atom stereocenters. The molecule has 0 amide bonds. The Morgan fingerprint density at radius 1 is 0.833 bits per heavy atom. The second-order valence-corrected chi connectivity index (χ2v) is 1.80. The minimum atomic E-state index is 1.03. The molecular weight excluding hydrogens is 148 g/mol. The Hall–Kier alpha value is -0.920. The van der Waals surface area contributed by atoms with Crippen LogP contribution in [0.4, 0.5) is 0 Å². The van der Waals surface area contributed by atoms with Crippen LogP contribution in [0.15, 0.2) is 12.4 Å². The molecule has 0 aliphatic carbocycles. The molecule has 0 aromatic carbocycles. The van der Waals surface area contributed by atoms with Crippen molar-refractivity contribution in [2.45, 2.75) is 41.5 Å². The predicted molar refractivity (Wildman–Crippen MR) is 54.2 cm³/mol. The average molecular weight is 168 g/mol. The highest BCUT2D eigenvalue weighted by molar-refractivity contribution is 5.03. The van der Waals surface area contributed by atoms with Crippen LogP contribution in [0.1, 0.15) is 39.1 Å². The van der Waals surface area contributed by atoms with E-state index in [1.807, 2.05) is 47.6 Å². The molecule has 1 heterocycles. The summed E-state index contributed by atoms with van der Waals surface area (Å²) < 4.78 is 0. The fourth-order valence-corrected chi connectivity index (χ4v) is 0.588. The zero-order valence-electron chi connectivity index (χ0n) is 9.05. The summed E-state index contributed by atoms with van der Waals surface area (Å²) >= 11 is 0. The fraction of sp³-hybridized carbons (Fsp3) is 0.600. The van der Waals surface area contributed by atoms with Gasteiger partial charge < -0.3 is 0 Å². The maximum atomic E-state index is 3.93. The maximum Gasteiger partial charge on any atom is 0.115 e. The SMILES string of the molecule is CC.CC.Cc1cc(C)ncn1. The summed E-state index contributed by atoms with van der Waals surface area (Å²) in [5.41, 5.74) is 2.05. The van der Waals surface area contributed by atoms with Gasteiger partial charge in [0.15, 0.2) is 0 Å². The number of hydrogen-bond acceptors (Lipinski definition) is 2. The van der Waals surface area contributed by atoms with E-state index in [0.717, 1.165) is 11.4 Å². The molecule has 0 bridgehead atoms. The van der Waals surface area contributed by atoms with Crippen LogP contribution < -0.4 is 0 Å². The smallest absolute Gasteiger partial charge is 0.115 e. The van der Waals surface area contributed by atoms with Crippen molar-refractivity contribution in [3.05, 3.63) is 23.8 Å². The van der Waals surface area contributed by atoms with Gasteiger partial charge in [-0.2, -0.15) is 0 Å². The highest BCUT2D eigenvalue weighted by Gasteiger charge is 1.83. The van der Waals surface area contributed by atoms with Gasteiger partial charge in [0.25, 0.3) is 0 Å². The van der Waals surface area contributed by atoms with Crippen LogP contribution in [0.3, 0.4) is 0 Å². The Morgan fingerprint density at radius 3 is 1.33 bits per heavy atom. The van der Waals surface area contributed by atoms with Crippen molar-refractivity contribution < 1.29 is 0 Å². The number of hydrogen-bond donors (Lipinski definition) is 0. The third kappa shape index (κ3) is 7.19. The molecule has 12 heavy (non-hydrogen) atoms. The molecule has 0 N–H and O–H groups in total. The molecule has 1 rings (SSSR count). The van der Waals surface area contributed by atoms with Crippen molar-refractivity contribution in [1.29, 1.82) is 0 Å². The molecule has 0 saturated carbocycles. The monoisotopic (exact) mass is 168 g/mol. The predicted octanol–water partition coefficient (Wildman–Crippen LogP) is 3.15. The van der Waals surface area contributed by atoms with Gasteiger partial charge in [0, 0.05) is 11.4 Å². The van der Waals surface area contributed by atoms with Crippen LogP contribution in [0, 0.1) is 13.8 Å². The molecule has 0 aliphatic heterocycles. The molecule has 2 nitrogen and oxygen atoms in total. The lowest BCUT2D eigenvalue weighted by molar-refractivity contribution is 1.05. The molecule has 0 aliphatic rings. The summed E-state index contributed by atoms with van der Waals surface area (Å²) in [4.78, 5) is 7.86. The van der Waals surface area contributed by atoms with E-state index >= 15 is 0 Å². The van der Waals surface area contributed by atoms with Gasteiger partial charge in [-0.05, 0) is 19.9 Å². The largest absolute Gasteiger partial charge is 0.242 e. The van der Waals surface area contributed by atoms with Crippen LogP contribution in [0.2, 0.25) is 0 Å². The highest BCUT2D eigenvalue weighted by Crippen LogP contribution is 1.91. The second-order valence-electron chi connectivity index (χ2n) is 1.80. The molecule has 2 heteroatoms. The van der Waals surface area contributed by atoms with Gasteiger partial charge in [-0.15, -0.1) is 0 Å². The standard InChI is InChI=1S/C6H8N2.2C2H6/c1-5-3-6(2)8-4-7-5;2*1-2/h3-4H,1-2H3;2*1-2H3. The molecule has 0 radical (unpaired) electrons. The molecule has 0 spiro atoms. The lowest BCUT2D eigenvalue weighted by Gasteiger charge is -1.89. The third-order valence-corrected chi connectivity index (χ3v) is 0.941. The molecule has 0 saturated heterocycles. The molecule has 0 fully saturated rings. The molecule has 70 valence electrons. The summed E-state index contributed by atoms with van der Waals surface area (Å²) in [6.07, 6.45) is 1.57. The molecule has 1 aromatic heterocycles. The Morgan fingerprint density at radius 2 is 1.17 bits per heavy atom. The van der Waals surface area contributed by atoms with Gasteiger partial charge in [-0.3, -0.25) is 0 Å². The molecule has 0 unspecified atom stereocenters. The van der Waals surface area contributed by atoms with Crippen LogP contribution in [0.25, 0.3) is 0 Å². The average Bonchev–Trinajstić information content (AvgIpc) is 2.11. The number of aromatic nitrogens is 2. The first-order valence-corrected chi connectivity index (χ1v) is 4.54. The first-order chi connectivity index (χ1) is 5.79. The molecule has 1 aromatic rings. The van der Waals surface area contributed by atoms with Gasteiger partial charge >= 0.3 is 0 Å². The highest BCUT2D eigenvalue weighted by atomic mass is 14.8. The van der Waals surface area contributed by atoms with Crippen molar-refractivity contribution in [3.63, 3.8) is 0 Å². The van der Waals surface area contributed by atoms with Crippen LogP contribution >= 0.6 is 0 Å². The van der Waals surface area contributed by atoms with Crippen molar-refractivity contribution in [2.24, 2.45) is 0 Å². The van der Waals surface area contributed by atoms with E-state index in [0.29, 0.717) is 0 Å². The van der Waals surface area contributed by atoms with Crippen molar-refractivity contribution in [3.8, 4) is 0 Å². The minimum Gasteiger partial charge on any atom is -0.242 e. The van der Waals surface area contributed by atoms with E-state index in [1.54, 1.807) is 6.33 Å². The Bertz CT molecular complexity index is 168. The van der Waals surface area contributed by atoms with Gasteiger partial charge in [0.2, 0.25) is 0 Å². The van der Waals surface area contributed by atoms with Gasteiger partial charge in [0.05, 0.1) is 0 Å². The lowest BCUT2D eigenvalue weighted by Crippen LogP contribution is -1.84. The van der Waals surface area contributed by atoms with Crippen molar-refractivity contribution in [2.75, 3.05) is 0 Å². The van der Waals surface area contributed by atoms with E-state index < -0.39 is 0 Å². The number of aryl methyl sites for hydroxylation is 2. The molecular formula is C10H20N2. The Balaban J connectivity index is 0. The van der Waals surface area contributed by atoms with Crippen LogP contribution in [-0.2, 0) is 0 Å². The van der Waals surface area contributed by atoms with E-state index in [2.05, 4.69) is 9.97 Å². The Labute approximate surface area is 76.1 Å². The number of nitrogens with zero attached hydrogens (tertiary/aromatic N) is 2. The first kappa shape index (κ1) is 13.7. The summed E-state index contributed by atoms with van der Waals surface area (Å²) in [5.74, 6) is 0. The third-order valence-electron chi connectivity index (χ3n) is 0.941. The van der Waals surface area contributed by atoms with Crippen LogP contribution in [-0.4, -0.2) is 9.97 Å².